The number of carbonyl (C=O) groups is 1. The summed E-state index contributed by atoms with van der Waals surface area (Å²) in [6.45, 7) is 6.83. The van der Waals surface area contributed by atoms with Gasteiger partial charge in [0.05, 0.1) is 0 Å². The molecular formula is C20H30N8O. The first-order chi connectivity index (χ1) is 14.0. The Morgan fingerprint density at radius 1 is 1.31 bits per heavy atom. The average Bonchev–Trinajstić information content (AvgIpc) is 3.20. The Morgan fingerprint density at radius 3 is 2.79 bits per heavy atom. The summed E-state index contributed by atoms with van der Waals surface area (Å²) in [5, 5.41) is 9.96. The lowest BCUT2D eigenvalue weighted by molar-refractivity contribution is 0.100. The van der Waals surface area contributed by atoms with Gasteiger partial charge in [0.2, 0.25) is 23.8 Å². The van der Waals surface area contributed by atoms with Crippen LogP contribution in [0.25, 0.3) is 0 Å². The van der Waals surface area contributed by atoms with Crippen molar-refractivity contribution >= 4 is 29.4 Å². The molecule has 5 N–H and O–H groups in total. The molecule has 0 bridgehead atoms. The van der Waals surface area contributed by atoms with Crippen molar-refractivity contribution in [1.29, 1.82) is 0 Å². The van der Waals surface area contributed by atoms with Crippen molar-refractivity contribution in [3.8, 4) is 0 Å². The van der Waals surface area contributed by atoms with Crippen LogP contribution in [0.4, 0.5) is 23.5 Å². The molecule has 0 aliphatic carbocycles. The fraction of sp³-hybridized carbons (Fsp3) is 0.500. The van der Waals surface area contributed by atoms with E-state index >= 15 is 0 Å². The molecule has 0 spiro atoms. The minimum absolute atomic E-state index is 0.291. The van der Waals surface area contributed by atoms with Gasteiger partial charge in [-0.2, -0.15) is 15.0 Å². The van der Waals surface area contributed by atoms with E-state index in [0.29, 0.717) is 29.5 Å². The third-order valence-corrected chi connectivity index (χ3v) is 4.97. The number of amides is 1. The van der Waals surface area contributed by atoms with E-state index in [1.54, 1.807) is 12.1 Å². The van der Waals surface area contributed by atoms with E-state index in [9.17, 15) is 4.79 Å². The Bertz CT molecular complexity index is 850. The highest BCUT2D eigenvalue weighted by Gasteiger charge is 2.18. The van der Waals surface area contributed by atoms with Crippen LogP contribution in [0, 0.1) is 6.92 Å². The van der Waals surface area contributed by atoms with E-state index in [4.69, 9.17) is 5.73 Å². The normalized spacial score (nSPS) is 15.9. The van der Waals surface area contributed by atoms with Gasteiger partial charge >= 0.3 is 0 Å². The van der Waals surface area contributed by atoms with Crippen molar-refractivity contribution in [2.75, 3.05) is 42.2 Å². The van der Waals surface area contributed by atoms with Crippen LogP contribution < -0.4 is 26.6 Å². The number of unbranched alkanes of at least 4 members (excludes halogenated alkanes) is 1. The Kier molecular flexibility index (Phi) is 6.82. The van der Waals surface area contributed by atoms with Crippen molar-refractivity contribution in [1.82, 2.24) is 20.3 Å². The Balaban J connectivity index is 1.89. The lowest BCUT2D eigenvalue weighted by atomic mass is 10.1. The highest BCUT2D eigenvalue weighted by molar-refractivity contribution is 5.94. The second-order valence-electron chi connectivity index (χ2n) is 7.41. The standard InChI is InChI=1S/C20H30N8O/c1-4-5-10-28(3)20-26-18(23-15-8-9-22-12-15)25-19(27-20)24-16-11-14(17(21)29)7-6-13(16)2/h6-7,11,15,22H,4-5,8-10,12H2,1-3H3,(H2,21,29)(H2,23,24,25,26,27)/t15-/m1/s1. The van der Waals surface area contributed by atoms with Gasteiger partial charge in [-0.05, 0) is 44.0 Å². The first-order valence-corrected chi connectivity index (χ1v) is 10.1. The van der Waals surface area contributed by atoms with Crippen LogP contribution in [0.2, 0.25) is 0 Å². The molecule has 2 heterocycles. The summed E-state index contributed by atoms with van der Waals surface area (Å²) in [6.07, 6.45) is 3.17. The van der Waals surface area contributed by atoms with Crippen molar-refractivity contribution in [2.24, 2.45) is 5.73 Å². The monoisotopic (exact) mass is 398 g/mol. The van der Waals surface area contributed by atoms with E-state index < -0.39 is 5.91 Å². The SMILES string of the molecule is CCCCN(C)c1nc(Nc2cc(C(N)=O)ccc2C)nc(N[C@@H]2CCNC2)n1. The molecule has 1 aromatic heterocycles. The molecule has 29 heavy (non-hydrogen) atoms. The summed E-state index contributed by atoms with van der Waals surface area (Å²) in [6, 6.07) is 5.57. The first kappa shape index (κ1) is 20.8. The highest BCUT2D eigenvalue weighted by atomic mass is 16.1. The molecule has 1 aliphatic rings. The summed E-state index contributed by atoms with van der Waals surface area (Å²) in [4.78, 5) is 27.3. The van der Waals surface area contributed by atoms with Gasteiger partial charge in [0.25, 0.3) is 0 Å². The molecule has 0 radical (unpaired) electrons. The van der Waals surface area contributed by atoms with Crippen LogP contribution in [-0.4, -0.2) is 53.6 Å². The van der Waals surface area contributed by atoms with E-state index in [1.807, 2.05) is 24.9 Å². The number of carbonyl (C=O) groups excluding carboxylic acids is 1. The number of aromatic nitrogens is 3. The Morgan fingerprint density at radius 2 is 2.10 bits per heavy atom. The van der Waals surface area contributed by atoms with E-state index in [0.717, 1.165) is 50.1 Å². The molecule has 0 saturated carbocycles. The number of nitrogens with zero attached hydrogens (tertiary/aromatic N) is 4. The summed E-state index contributed by atoms with van der Waals surface area (Å²) >= 11 is 0. The number of aryl methyl sites for hydroxylation is 1. The number of anilines is 4. The summed E-state index contributed by atoms with van der Waals surface area (Å²) in [5.41, 5.74) is 7.56. The summed E-state index contributed by atoms with van der Waals surface area (Å²) in [5.74, 6) is 1.10. The quantitative estimate of drug-likeness (QED) is 0.506. The number of hydrogen-bond acceptors (Lipinski definition) is 8. The van der Waals surface area contributed by atoms with E-state index in [1.165, 1.54) is 0 Å². The third-order valence-electron chi connectivity index (χ3n) is 4.97. The molecule has 156 valence electrons. The van der Waals surface area contributed by atoms with Crippen molar-refractivity contribution < 1.29 is 4.79 Å². The molecule has 9 nitrogen and oxygen atoms in total. The van der Waals surface area contributed by atoms with Crippen LogP contribution in [0.3, 0.4) is 0 Å². The zero-order valence-corrected chi connectivity index (χ0v) is 17.3. The van der Waals surface area contributed by atoms with Gasteiger partial charge in [0.1, 0.15) is 0 Å². The van der Waals surface area contributed by atoms with Crippen LogP contribution >= 0.6 is 0 Å². The van der Waals surface area contributed by atoms with Crippen molar-refractivity contribution in [3.63, 3.8) is 0 Å². The number of nitrogens with one attached hydrogen (secondary N) is 3. The molecule has 1 atom stereocenters. The zero-order chi connectivity index (χ0) is 20.8. The maximum Gasteiger partial charge on any atom is 0.248 e. The molecular weight excluding hydrogens is 368 g/mol. The minimum atomic E-state index is -0.472. The summed E-state index contributed by atoms with van der Waals surface area (Å²) in [7, 11) is 1.98. The number of nitrogens with two attached hydrogens (primary N) is 1. The molecule has 1 aliphatic heterocycles. The van der Waals surface area contributed by atoms with Gasteiger partial charge in [-0.3, -0.25) is 4.79 Å². The molecule has 1 fully saturated rings. The van der Waals surface area contributed by atoms with Crippen LogP contribution in [0.1, 0.15) is 42.1 Å². The van der Waals surface area contributed by atoms with E-state index in [2.05, 4.69) is 37.8 Å². The predicted molar refractivity (Wildman–Crippen MR) is 116 cm³/mol. The third kappa shape index (κ3) is 5.54. The van der Waals surface area contributed by atoms with Gasteiger partial charge < -0.3 is 26.6 Å². The Labute approximate surface area is 171 Å². The first-order valence-electron chi connectivity index (χ1n) is 10.1. The fourth-order valence-corrected chi connectivity index (χ4v) is 3.14. The summed E-state index contributed by atoms with van der Waals surface area (Å²) < 4.78 is 0. The number of benzene rings is 1. The number of rotatable bonds is 9. The smallest absolute Gasteiger partial charge is 0.248 e. The molecule has 3 rings (SSSR count). The topological polar surface area (TPSA) is 121 Å². The van der Waals surface area contributed by atoms with Crippen LogP contribution in [0.5, 0.6) is 0 Å². The second-order valence-corrected chi connectivity index (χ2v) is 7.41. The molecule has 0 unspecified atom stereocenters. The highest BCUT2D eigenvalue weighted by Crippen LogP contribution is 2.22. The number of primary amides is 1. The maximum atomic E-state index is 11.5. The molecule has 1 saturated heterocycles. The van der Waals surface area contributed by atoms with Crippen molar-refractivity contribution in [3.05, 3.63) is 29.3 Å². The lowest BCUT2D eigenvalue weighted by Crippen LogP contribution is -2.26. The predicted octanol–water partition coefficient (Wildman–Crippen LogP) is 2.03. The van der Waals surface area contributed by atoms with Gasteiger partial charge in [-0.15, -0.1) is 0 Å². The lowest BCUT2D eigenvalue weighted by Gasteiger charge is -2.20. The van der Waals surface area contributed by atoms with Gasteiger partial charge in [-0.1, -0.05) is 19.4 Å². The molecule has 9 heteroatoms. The molecule has 2 aromatic rings. The minimum Gasteiger partial charge on any atom is -0.366 e. The fourth-order valence-electron chi connectivity index (χ4n) is 3.14. The van der Waals surface area contributed by atoms with Gasteiger partial charge in [0.15, 0.2) is 0 Å². The average molecular weight is 399 g/mol. The van der Waals surface area contributed by atoms with Crippen molar-refractivity contribution in [2.45, 2.75) is 39.2 Å². The second kappa shape index (κ2) is 9.51. The molecule has 1 amide bonds. The largest absolute Gasteiger partial charge is 0.366 e. The van der Waals surface area contributed by atoms with Crippen LogP contribution in [0.15, 0.2) is 18.2 Å². The maximum absolute atomic E-state index is 11.5. The zero-order valence-electron chi connectivity index (χ0n) is 17.3. The van der Waals surface area contributed by atoms with E-state index in [-0.39, 0.29) is 0 Å². The van der Waals surface area contributed by atoms with Gasteiger partial charge in [0, 0.05) is 37.4 Å². The molecule has 1 aromatic carbocycles. The van der Waals surface area contributed by atoms with Crippen LogP contribution in [-0.2, 0) is 0 Å². The number of hydrogen-bond donors (Lipinski definition) is 4. The van der Waals surface area contributed by atoms with Gasteiger partial charge in [-0.25, -0.2) is 0 Å². The Hall–Kier alpha value is -2.94.